The van der Waals surface area contributed by atoms with Crippen molar-refractivity contribution < 1.29 is 4.79 Å². The molecule has 1 amide bonds. The molecule has 84 valence electrons. The van der Waals surface area contributed by atoms with Crippen LogP contribution in [0.5, 0.6) is 0 Å². The van der Waals surface area contributed by atoms with Crippen molar-refractivity contribution in [3.8, 4) is 0 Å². The van der Waals surface area contributed by atoms with Gasteiger partial charge in [0.05, 0.1) is 11.2 Å². The van der Waals surface area contributed by atoms with Gasteiger partial charge in [-0.3, -0.25) is 9.89 Å². The van der Waals surface area contributed by atoms with E-state index in [-0.39, 0.29) is 5.91 Å². The molecule has 2 heterocycles. The first-order valence-corrected chi connectivity index (χ1v) is 5.53. The SMILES string of the molecule is Cc1nc(C(=O)NCc2cn[nH]c2N)cs1. The maximum absolute atomic E-state index is 11.6. The summed E-state index contributed by atoms with van der Waals surface area (Å²) in [7, 11) is 0. The van der Waals surface area contributed by atoms with Gasteiger partial charge in [0.1, 0.15) is 11.5 Å². The molecule has 0 fully saturated rings. The monoisotopic (exact) mass is 237 g/mol. The number of hydrogen-bond acceptors (Lipinski definition) is 5. The van der Waals surface area contributed by atoms with Crippen LogP contribution in [0.15, 0.2) is 11.6 Å². The fourth-order valence-electron chi connectivity index (χ4n) is 1.20. The molecule has 6 nitrogen and oxygen atoms in total. The molecule has 0 atom stereocenters. The van der Waals surface area contributed by atoms with E-state index < -0.39 is 0 Å². The Morgan fingerprint density at radius 1 is 1.69 bits per heavy atom. The zero-order chi connectivity index (χ0) is 11.5. The number of hydrogen-bond donors (Lipinski definition) is 3. The smallest absolute Gasteiger partial charge is 0.271 e. The molecule has 0 bridgehead atoms. The third-order valence-electron chi connectivity index (χ3n) is 2.04. The molecule has 2 rings (SSSR count). The van der Waals surface area contributed by atoms with Crippen LogP contribution in [0.4, 0.5) is 5.82 Å². The van der Waals surface area contributed by atoms with Gasteiger partial charge >= 0.3 is 0 Å². The zero-order valence-electron chi connectivity index (χ0n) is 8.65. The second-order valence-corrected chi connectivity index (χ2v) is 4.31. The van der Waals surface area contributed by atoms with Crippen LogP contribution in [0, 0.1) is 6.92 Å². The van der Waals surface area contributed by atoms with E-state index in [1.807, 2.05) is 6.92 Å². The minimum Gasteiger partial charge on any atom is -0.384 e. The summed E-state index contributed by atoms with van der Waals surface area (Å²) in [5, 5.41) is 11.7. The Balaban J connectivity index is 1.96. The second kappa shape index (κ2) is 4.31. The Kier molecular flexibility index (Phi) is 2.86. The number of H-pyrrole nitrogens is 1. The molecule has 0 unspecified atom stereocenters. The molecule has 0 saturated heterocycles. The Labute approximate surface area is 95.9 Å². The summed E-state index contributed by atoms with van der Waals surface area (Å²) < 4.78 is 0. The summed E-state index contributed by atoms with van der Waals surface area (Å²) in [5.74, 6) is 0.264. The van der Waals surface area contributed by atoms with E-state index in [1.165, 1.54) is 11.3 Å². The molecule has 16 heavy (non-hydrogen) atoms. The fourth-order valence-corrected chi connectivity index (χ4v) is 1.79. The molecule has 0 radical (unpaired) electrons. The van der Waals surface area contributed by atoms with E-state index in [0.29, 0.717) is 18.1 Å². The Hall–Kier alpha value is -1.89. The predicted molar refractivity (Wildman–Crippen MR) is 61.0 cm³/mol. The predicted octanol–water partition coefficient (Wildman–Crippen LogP) is 0.687. The molecular formula is C9H11N5OS. The average molecular weight is 237 g/mol. The largest absolute Gasteiger partial charge is 0.384 e. The molecule has 0 aliphatic rings. The maximum Gasteiger partial charge on any atom is 0.271 e. The summed E-state index contributed by atoms with van der Waals surface area (Å²) in [5.41, 5.74) is 6.79. The fraction of sp³-hybridized carbons (Fsp3) is 0.222. The second-order valence-electron chi connectivity index (χ2n) is 3.24. The Morgan fingerprint density at radius 3 is 3.06 bits per heavy atom. The van der Waals surface area contributed by atoms with Crippen LogP contribution in [0.2, 0.25) is 0 Å². The quantitative estimate of drug-likeness (QED) is 0.731. The van der Waals surface area contributed by atoms with Gasteiger partial charge < -0.3 is 11.1 Å². The van der Waals surface area contributed by atoms with Crippen molar-refractivity contribution in [1.29, 1.82) is 0 Å². The highest BCUT2D eigenvalue weighted by atomic mass is 32.1. The highest BCUT2D eigenvalue weighted by Gasteiger charge is 2.09. The molecule has 0 aliphatic carbocycles. The number of rotatable bonds is 3. The zero-order valence-corrected chi connectivity index (χ0v) is 9.47. The van der Waals surface area contributed by atoms with E-state index >= 15 is 0 Å². The highest BCUT2D eigenvalue weighted by molar-refractivity contribution is 7.09. The van der Waals surface area contributed by atoms with Gasteiger partial charge in [-0.2, -0.15) is 5.10 Å². The van der Waals surface area contributed by atoms with Crippen LogP contribution in [-0.4, -0.2) is 21.1 Å². The number of nitrogens with one attached hydrogen (secondary N) is 2. The van der Waals surface area contributed by atoms with Crippen LogP contribution in [0.1, 0.15) is 21.1 Å². The van der Waals surface area contributed by atoms with Crippen molar-refractivity contribution in [3.63, 3.8) is 0 Å². The van der Waals surface area contributed by atoms with Gasteiger partial charge in [-0.25, -0.2) is 4.98 Å². The third kappa shape index (κ3) is 2.19. The van der Waals surface area contributed by atoms with Gasteiger partial charge in [-0.1, -0.05) is 0 Å². The van der Waals surface area contributed by atoms with Crippen molar-refractivity contribution >= 4 is 23.1 Å². The molecular weight excluding hydrogens is 226 g/mol. The van der Waals surface area contributed by atoms with E-state index in [0.717, 1.165) is 10.6 Å². The number of carbonyl (C=O) groups excluding carboxylic acids is 1. The first-order chi connectivity index (χ1) is 7.66. The number of nitrogen functional groups attached to an aromatic ring is 1. The molecule has 0 aliphatic heterocycles. The van der Waals surface area contributed by atoms with Gasteiger partial charge in [-0.05, 0) is 6.92 Å². The standard InChI is InChI=1S/C9H11N5OS/c1-5-13-7(4-16-5)9(15)11-2-6-3-12-14-8(6)10/h3-4H,2H2,1H3,(H,11,15)(H3,10,12,14). The lowest BCUT2D eigenvalue weighted by Gasteiger charge is -2.01. The lowest BCUT2D eigenvalue weighted by Crippen LogP contribution is -2.23. The maximum atomic E-state index is 11.6. The van der Waals surface area contributed by atoms with E-state index in [9.17, 15) is 4.79 Å². The number of anilines is 1. The first kappa shape index (κ1) is 10.6. The van der Waals surface area contributed by atoms with Crippen LogP contribution in [0.25, 0.3) is 0 Å². The summed E-state index contributed by atoms with van der Waals surface area (Å²) in [6.45, 7) is 2.20. The number of thiazole rings is 1. The van der Waals surface area contributed by atoms with Crippen molar-refractivity contribution in [1.82, 2.24) is 20.5 Å². The summed E-state index contributed by atoms with van der Waals surface area (Å²) in [6, 6.07) is 0. The summed E-state index contributed by atoms with van der Waals surface area (Å²) >= 11 is 1.44. The highest BCUT2D eigenvalue weighted by Crippen LogP contribution is 2.09. The number of aryl methyl sites for hydroxylation is 1. The third-order valence-corrected chi connectivity index (χ3v) is 2.82. The first-order valence-electron chi connectivity index (χ1n) is 4.65. The lowest BCUT2D eigenvalue weighted by molar-refractivity contribution is 0.0946. The topological polar surface area (TPSA) is 96.7 Å². The van der Waals surface area contributed by atoms with E-state index in [1.54, 1.807) is 11.6 Å². The minimum absolute atomic E-state index is 0.204. The minimum atomic E-state index is -0.204. The van der Waals surface area contributed by atoms with Gasteiger partial charge in [0.2, 0.25) is 0 Å². The molecule has 2 aromatic heterocycles. The molecule has 0 aromatic carbocycles. The van der Waals surface area contributed by atoms with Gasteiger partial charge in [0, 0.05) is 17.5 Å². The average Bonchev–Trinajstić information content (AvgIpc) is 2.84. The van der Waals surface area contributed by atoms with Crippen molar-refractivity contribution in [2.24, 2.45) is 0 Å². The number of amides is 1. The molecule has 7 heteroatoms. The van der Waals surface area contributed by atoms with Crippen molar-refractivity contribution in [2.45, 2.75) is 13.5 Å². The number of aromatic amines is 1. The summed E-state index contributed by atoms with van der Waals surface area (Å²) in [4.78, 5) is 15.7. The van der Waals surface area contributed by atoms with E-state index in [2.05, 4.69) is 20.5 Å². The van der Waals surface area contributed by atoms with Crippen LogP contribution < -0.4 is 11.1 Å². The molecule has 2 aromatic rings. The van der Waals surface area contributed by atoms with Crippen molar-refractivity contribution in [2.75, 3.05) is 5.73 Å². The molecule has 0 spiro atoms. The number of carbonyl (C=O) groups is 1. The van der Waals surface area contributed by atoms with Crippen LogP contribution >= 0.6 is 11.3 Å². The molecule has 0 saturated carbocycles. The normalized spacial score (nSPS) is 10.3. The molecule has 4 N–H and O–H groups in total. The summed E-state index contributed by atoms with van der Waals surface area (Å²) in [6.07, 6.45) is 1.59. The lowest BCUT2D eigenvalue weighted by atomic mass is 10.3. The number of aromatic nitrogens is 3. The Morgan fingerprint density at radius 2 is 2.50 bits per heavy atom. The van der Waals surface area contributed by atoms with E-state index in [4.69, 9.17) is 5.73 Å². The Bertz CT molecular complexity index is 503. The number of nitrogens with two attached hydrogens (primary N) is 1. The van der Waals surface area contributed by atoms with Crippen LogP contribution in [-0.2, 0) is 6.54 Å². The van der Waals surface area contributed by atoms with Crippen molar-refractivity contribution in [3.05, 3.63) is 27.8 Å². The van der Waals surface area contributed by atoms with Gasteiger partial charge in [0.25, 0.3) is 5.91 Å². The van der Waals surface area contributed by atoms with Gasteiger partial charge in [0.15, 0.2) is 0 Å². The van der Waals surface area contributed by atoms with Crippen LogP contribution in [0.3, 0.4) is 0 Å². The number of nitrogens with zero attached hydrogens (tertiary/aromatic N) is 2. The van der Waals surface area contributed by atoms with Gasteiger partial charge in [-0.15, -0.1) is 11.3 Å².